The molecule has 0 saturated heterocycles. The third kappa shape index (κ3) is 6.65. The van der Waals surface area contributed by atoms with Crippen LogP contribution in [0, 0.1) is 13.8 Å². The van der Waals surface area contributed by atoms with E-state index in [4.69, 9.17) is 9.47 Å². The number of ether oxygens (including phenoxy) is 2. The fourth-order valence-electron chi connectivity index (χ4n) is 4.11. The van der Waals surface area contributed by atoms with Gasteiger partial charge in [0.1, 0.15) is 5.75 Å². The van der Waals surface area contributed by atoms with Crippen molar-refractivity contribution in [1.82, 2.24) is 0 Å². The van der Waals surface area contributed by atoms with Crippen molar-refractivity contribution in [3.05, 3.63) is 58.1 Å². The Kier molecular flexibility index (Phi) is 9.49. The lowest BCUT2D eigenvalue weighted by Crippen LogP contribution is -2.24. The van der Waals surface area contributed by atoms with Crippen molar-refractivity contribution in [3.8, 4) is 5.75 Å². The highest BCUT2D eigenvalue weighted by molar-refractivity contribution is 7.48. The zero-order valence-electron chi connectivity index (χ0n) is 21.2. The van der Waals surface area contributed by atoms with E-state index in [1.165, 1.54) is 24.0 Å². The minimum atomic E-state index is -0.142. The third-order valence-corrected chi connectivity index (χ3v) is 7.88. The van der Waals surface area contributed by atoms with Gasteiger partial charge in [-0.25, -0.2) is 0 Å². The number of rotatable bonds is 11. The average Bonchev–Trinajstić information content (AvgIpc) is 2.73. The molecular formula is C28H41O3P. The van der Waals surface area contributed by atoms with Crippen LogP contribution in [0.3, 0.4) is 0 Å². The Morgan fingerprint density at radius 3 is 2.34 bits per heavy atom. The van der Waals surface area contributed by atoms with E-state index >= 15 is 0 Å². The molecule has 2 rings (SSSR count). The maximum atomic E-state index is 11.9. The summed E-state index contributed by atoms with van der Waals surface area (Å²) >= 11 is 0. The summed E-state index contributed by atoms with van der Waals surface area (Å²) in [6.45, 7) is 15.7. The predicted molar refractivity (Wildman–Crippen MR) is 138 cm³/mol. The molecule has 2 unspecified atom stereocenters. The maximum absolute atomic E-state index is 11.9. The van der Waals surface area contributed by atoms with E-state index < -0.39 is 0 Å². The van der Waals surface area contributed by atoms with E-state index in [1.807, 2.05) is 13.0 Å². The van der Waals surface area contributed by atoms with Crippen LogP contribution in [0.2, 0.25) is 0 Å². The Balaban J connectivity index is 2.68. The van der Waals surface area contributed by atoms with Gasteiger partial charge >= 0.3 is 0 Å². The van der Waals surface area contributed by atoms with E-state index in [2.05, 4.69) is 65.8 Å². The van der Waals surface area contributed by atoms with Gasteiger partial charge in [0.25, 0.3) is 0 Å². The summed E-state index contributed by atoms with van der Waals surface area (Å²) in [6.07, 6.45) is 5.56. The summed E-state index contributed by atoms with van der Waals surface area (Å²) in [5.74, 6) is 0.922. The first kappa shape index (κ1) is 26.6. The highest BCUT2D eigenvalue weighted by atomic mass is 31.1. The van der Waals surface area contributed by atoms with E-state index in [9.17, 15) is 4.79 Å². The summed E-state index contributed by atoms with van der Waals surface area (Å²) in [5, 5.41) is 0.984. The van der Waals surface area contributed by atoms with E-state index in [0.29, 0.717) is 8.58 Å². The molecule has 2 atom stereocenters. The van der Waals surface area contributed by atoms with Gasteiger partial charge in [-0.3, -0.25) is 4.79 Å². The van der Waals surface area contributed by atoms with Crippen LogP contribution in [0.15, 0.2) is 30.3 Å². The number of carbonyl (C=O) groups is 1. The number of hydrogen-bond donors (Lipinski definition) is 0. The standard InChI is InChI=1S/C28H41O3P/c1-9-10-11-14-28(7,32-25-13-12-20(2)15-22(25)18-29)24-17-23(27(4,5)6)16-21(3)26(24)31-19-30-8/h12-13,15-18,32H,9-11,14,19H2,1-8H3. The number of benzene rings is 2. The van der Waals surface area contributed by atoms with Crippen molar-refractivity contribution >= 4 is 20.2 Å². The normalized spacial score (nSPS) is 14.0. The number of hydrogen-bond acceptors (Lipinski definition) is 3. The van der Waals surface area contributed by atoms with Crippen molar-refractivity contribution < 1.29 is 14.3 Å². The van der Waals surface area contributed by atoms with Gasteiger partial charge in [-0.05, 0) is 48.2 Å². The van der Waals surface area contributed by atoms with E-state index in [1.54, 1.807) is 7.11 Å². The average molecular weight is 457 g/mol. The monoisotopic (exact) mass is 456 g/mol. The highest BCUT2D eigenvalue weighted by Gasteiger charge is 2.33. The molecule has 0 radical (unpaired) electrons. The molecule has 2 aromatic rings. The van der Waals surface area contributed by atoms with Crippen LogP contribution in [-0.4, -0.2) is 20.2 Å². The molecule has 0 N–H and O–H groups in total. The third-order valence-electron chi connectivity index (χ3n) is 6.08. The predicted octanol–water partition coefficient (Wildman–Crippen LogP) is 7.20. The van der Waals surface area contributed by atoms with Crippen molar-refractivity contribution in [2.45, 2.75) is 84.7 Å². The molecular weight excluding hydrogens is 415 g/mol. The fourth-order valence-corrected chi connectivity index (χ4v) is 5.77. The van der Waals surface area contributed by atoms with Crippen LogP contribution in [0.4, 0.5) is 0 Å². The first-order chi connectivity index (χ1) is 15.1. The Morgan fingerprint density at radius 2 is 1.75 bits per heavy atom. The number of aldehydes is 1. The van der Waals surface area contributed by atoms with Gasteiger partial charge in [0.15, 0.2) is 13.1 Å². The van der Waals surface area contributed by atoms with Crippen molar-refractivity contribution in [2.75, 3.05) is 13.9 Å². The van der Waals surface area contributed by atoms with Crippen LogP contribution < -0.4 is 10.0 Å². The molecule has 0 spiro atoms. The van der Waals surface area contributed by atoms with Crippen molar-refractivity contribution in [2.24, 2.45) is 0 Å². The SMILES string of the molecule is CCCCCC(C)(Pc1ccc(C)cc1C=O)c1cc(C(C)(C)C)cc(C)c1OCOC. The van der Waals surface area contributed by atoms with Crippen LogP contribution >= 0.6 is 8.58 Å². The summed E-state index contributed by atoms with van der Waals surface area (Å²) in [6, 6.07) is 10.8. The molecule has 2 aromatic carbocycles. The Morgan fingerprint density at radius 1 is 1.03 bits per heavy atom. The molecule has 176 valence electrons. The van der Waals surface area contributed by atoms with E-state index in [-0.39, 0.29) is 17.4 Å². The number of unbranched alkanes of at least 4 members (excludes halogenated alkanes) is 2. The lowest BCUT2D eigenvalue weighted by Gasteiger charge is -2.35. The second-order valence-electron chi connectivity index (χ2n) is 10.1. The Labute approximate surface area is 197 Å². The molecule has 0 aromatic heterocycles. The van der Waals surface area contributed by atoms with Gasteiger partial charge in [-0.1, -0.05) is 92.3 Å². The molecule has 0 saturated carbocycles. The van der Waals surface area contributed by atoms with Gasteiger partial charge in [-0.15, -0.1) is 0 Å². The van der Waals surface area contributed by atoms with Crippen LogP contribution in [0.5, 0.6) is 5.75 Å². The molecule has 4 heteroatoms. The second kappa shape index (κ2) is 11.4. The van der Waals surface area contributed by atoms with Gasteiger partial charge < -0.3 is 9.47 Å². The molecule has 0 aliphatic rings. The van der Waals surface area contributed by atoms with E-state index in [0.717, 1.165) is 46.9 Å². The minimum absolute atomic E-state index is 0.0323. The topological polar surface area (TPSA) is 35.5 Å². The molecule has 0 heterocycles. The quantitative estimate of drug-likeness (QED) is 0.155. The number of aryl methyl sites for hydroxylation is 2. The first-order valence-electron chi connectivity index (χ1n) is 11.7. The molecule has 3 nitrogen and oxygen atoms in total. The molecule has 0 bridgehead atoms. The molecule has 0 aliphatic carbocycles. The largest absolute Gasteiger partial charge is 0.467 e. The van der Waals surface area contributed by atoms with Crippen molar-refractivity contribution in [1.29, 1.82) is 0 Å². The molecule has 0 aliphatic heterocycles. The molecule has 0 amide bonds. The summed E-state index contributed by atoms with van der Waals surface area (Å²) in [7, 11) is 2.12. The van der Waals surface area contributed by atoms with Crippen LogP contribution in [0.25, 0.3) is 0 Å². The Bertz CT molecular complexity index is 914. The van der Waals surface area contributed by atoms with Gasteiger partial charge in [0.2, 0.25) is 0 Å². The maximum Gasteiger partial charge on any atom is 0.188 e. The zero-order valence-corrected chi connectivity index (χ0v) is 22.2. The fraction of sp³-hybridized carbons (Fsp3) is 0.536. The highest BCUT2D eigenvalue weighted by Crippen LogP contribution is 2.50. The van der Waals surface area contributed by atoms with Crippen molar-refractivity contribution in [3.63, 3.8) is 0 Å². The van der Waals surface area contributed by atoms with Crippen LogP contribution in [-0.2, 0) is 15.3 Å². The molecule has 32 heavy (non-hydrogen) atoms. The summed E-state index contributed by atoms with van der Waals surface area (Å²) in [5.41, 5.74) is 5.61. The minimum Gasteiger partial charge on any atom is -0.467 e. The van der Waals surface area contributed by atoms with Gasteiger partial charge in [0, 0.05) is 23.4 Å². The number of methoxy groups -OCH3 is 1. The van der Waals surface area contributed by atoms with Crippen LogP contribution in [0.1, 0.15) is 92.9 Å². The van der Waals surface area contributed by atoms with Gasteiger partial charge in [-0.2, -0.15) is 0 Å². The first-order valence-corrected chi connectivity index (χ1v) is 12.7. The summed E-state index contributed by atoms with van der Waals surface area (Å²) < 4.78 is 11.4. The molecule has 0 fully saturated rings. The smallest absolute Gasteiger partial charge is 0.188 e. The number of carbonyl (C=O) groups excluding carboxylic acids is 1. The second-order valence-corrected chi connectivity index (χ2v) is 12.0. The Hall–Kier alpha value is -1.70. The zero-order chi connectivity index (χ0) is 23.9. The lowest BCUT2D eigenvalue weighted by molar-refractivity contribution is 0.0494. The summed E-state index contributed by atoms with van der Waals surface area (Å²) in [4.78, 5) is 11.9. The van der Waals surface area contributed by atoms with Gasteiger partial charge in [0.05, 0.1) is 0 Å². The lowest BCUT2D eigenvalue weighted by atomic mass is 9.82.